The van der Waals surface area contributed by atoms with Crippen LogP contribution in [0.25, 0.3) is 0 Å². The van der Waals surface area contributed by atoms with Crippen molar-refractivity contribution >= 4 is 12.4 Å². The number of nitrogens with zero attached hydrogens (tertiary/aromatic N) is 1. The van der Waals surface area contributed by atoms with E-state index in [0.29, 0.717) is 6.61 Å². The normalized spacial score (nSPS) is 19.6. The van der Waals surface area contributed by atoms with Crippen molar-refractivity contribution in [1.82, 2.24) is 4.98 Å². The van der Waals surface area contributed by atoms with Crippen molar-refractivity contribution < 1.29 is 22.4 Å². The second-order valence-electron chi connectivity index (χ2n) is 4.65. The summed E-state index contributed by atoms with van der Waals surface area (Å²) in [5.74, 6) is 0.170. The van der Waals surface area contributed by atoms with Crippen molar-refractivity contribution in [1.29, 1.82) is 0 Å². The minimum atomic E-state index is -5.02. The second kappa shape index (κ2) is 6.28. The zero-order valence-electron chi connectivity index (χ0n) is 10.5. The Kier molecular flexibility index (Phi) is 4.68. The van der Waals surface area contributed by atoms with Crippen molar-refractivity contribution in [3.8, 4) is 5.75 Å². The highest BCUT2D eigenvalue weighted by Crippen LogP contribution is 2.17. The molecule has 0 N–H and O–H groups in total. The van der Waals surface area contributed by atoms with Crippen LogP contribution in [0.3, 0.4) is 0 Å². The Hall–Kier alpha value is -1.24. The molecule has 1 saturated heterocycles. The fourth-order valence-corrected chi connectivity index (χ4v) is 2.07. The van der Waals surface area contributed by atoms with Crippen LogP contribution in [0.2, 0.25) is 0 Å². The first kappa shape index (κ1) is 14.2. The number of hydrogen-bond acceptors (Lipinski definition) is 3. The van der Waals surface area contributed by atoms with Gasteiger partial charge in [-0.25, -0.2) is 0 Å². The molecule has 0 spiro atoms. The van der Waals surface area contributed by atoms with Crippen LogP contribution in [0.1, 0.15) is 25.7 Å². The molecule has 1 fully saturated rings. The van der Waals surface area contributed by atoms with Crippen LogP contribution in [0.5, 0.6) is 5.75 Å². The first-order chi connectivity index (χ1) is 9.05. The number of hydrogen-bond donors (Lipinski definition) is 0. The second-order valence-corrected chi connectivity index (χ2v) is 4.65. The molecule has 0 amide bonds. The SMILES string of the molecule is F[B-](F)(F)c1cncc(OCCCC2CCCO2)c1. The summed E-state index contributed by atoms with van der Waals surface area (Å²) in [6.45, 7) is -3.82. The molecule has 1 aromatic heterocycles. The molecule has 1 aromatic rings. The highest BCUT2D eigenvalue weighted by Gasteiger charge is 2.26. The van der Waals surface area contributed by atoms with Crippen LogP contribution in [-0.4, -0.2) is 31.3 Å². The largest absolute Gasteiger partial charge is 0.511 e. The van der Waals surface area contributed by atoms with E-state index in [1.807, 2.05) is 0 Å². The average Bonchev–Trinajstić information content (AvgIpc) is 2.87. The molecule has 1 aliphatic heterocycles. The van der Waals surface area contributed by atoms with Crippen molar-refractivity contribution in [2.45, 2.75) is 31.8 Å². The Morgan fingerprint density at radius 2 is 2.21 bits per heavy atom. The summed E-state index contributed by atoms with van der Waals surface area (Å²) in [4.78, 5) is 3.55. The molecule has 0 saturated carbocycles. The minimum absolute atomic E-state index is 0.170. The topological polar surface area (TPSA) is 31.4 Å². The predicted octanol–water partition coefficient (Wildman–Crippen LogP) is 2.47. The van der Waals surface area contributed by atoms with Crippen LogP contribution in [-0.2, 0) is 4.74 Å². The van der Waals surface area contributed by atoms with E-state index in [-0.39, 0.29) is 11.9 Å². The lowest BCUT2D eigenvalue weighted by Gasteiger charge is -2.15. The monoisotopic (exact) mass is 274 g/mol. The number of rotatable bonds is 6. The third-order valence-corrected chi connectivity index (χ3v) is 3.08. The lowest BCUT2D eigenvalue weighted by molar-refractivity contribution is 0.0981. The highest BCUT2D eigenvalue weighted by atomic mass is 19.4. The Balaban J connectivity index is 1.76. The standard InChI is InChI=1S/C12H16BF3NO2/c14-13(15,16)10-7-12(9-17-8-10)19-6-2-4-11-3-1-5-18-11/h7-9,11H,1-6H2/q-1. The van der Waals surface area contributed by atoms with Gasteiger partial charge in [-0.15, -0.1) is 0 Å². The Morgan fingerprint density at radius 3 is 2.89 bits per heavy atom. The lowest BCUT2D eigenvalue weighted by Crippen LogP contribution is -2.34. The van der Waals surface area contributed by atoms with Crippen LogP contribution in [0.15, 0.2) is 18.5 Å². The minimum Gasteiger partial charge on any atom is -0.492 e. The molecule has 2 heterocycles. The van der Waals surface area contributed by atoms with Gasteiger partial charge in [0.15, 0.2) is 0 Å². The number of ether oxygens (including phenoxy) is 2. The molecular weight excluding hydrogens is 258 g/mol. The number of halogens is 3. The molecule has 1 atom stereocenters. The van der Waals surface area contributed by atoms with E-state index in [2.05, 4.69) is 4.98 Å². The van der Waals surface area contributed by atoms with E-state index in [1.165, 1.54) is 6.20 Å². The van der Waals surface area contributed by atoms with Gasteiger partial charge < -0.3 is 22.4 Å². The van der Waals surface area contributed by atoms with Gasteiger partial charge >= 0.3 is 6.98 Å². The van der Waals surface area contributed by atoms with Gasteiger partial charge in [-0.2, -0.15) is 0 Å². The summed E-state index contributed by atoms with van der Waals surface area (Å²) in [5, 5.41) is 0. The van der Waals surface area contributed by atoms with Gasteiger partial charge in [-0.05, 0) is 31.7 Å². The first-order valence-corrected chi connectivity index (χ1v) is 6.45. The van der Waals surface area contributed by atoms with E-state index < -0.39 is 12.4 Å². The number of pyridine rings is 1. The molecule has 7 heteroatoms. The summed E-state index contributed by atoms with van der Waals surface area (Å²) in [6, 6.07) is 0.999. The van der Waals surface area contributed by atoms with Crippen LogP contribution < -0.4 is 10.2 Å². The van der Waals surface area contributed by atoms with Crippen molar-refractivity contribution in [2.75, 3.05) is 13.2 Å². The molecule has 2 rings (SSSR count). The molecular formula is C12H16BF3NO2-. The summed E-state index contributed by atoms with van der Waals surface area (Å²) in [6.07, 6.45) is 6.21. The van der Waals surface area contributed by atoms with Crippen molar-refractivity contribution in [3.05, 3.63) is 18.5 Å². The van der Waals surface area contributed by atoms with Gasteiger partial charge in [0.05, 0.1) is 18.9 Å². The summed E-state index contributed by atoms with van der Waals surface area (Å²) < 4.78 is 48.3. The van der Waals surface area contributed by atoms with Gasteiger partial charge in [0.2, 0.25) is 0 Å². The molecule has 0 radical (unpaired) electrons. The van der Waals surface area contributed by atoms with E-state index in [0.717, 1.165) is 44.6 Å². The summed E-state index contributed by atoms with van der Waals surface area (Å²) in [7, 11) is 0. The predicted molar refractivity (Wildman–Crippen MR) is 66.7 cm³/mol. The van der Waals surface area contributed by atoms with E-state index in [1.54, 1.807) is 0 Å². The molecule has 3 nitrogen and oxygen atoms in total. The van der Waals surface area contributed by atoms with Crippen molar-refractivity contribution in [3.63, 3.8) is 0 Å². The Labute approximate surface area is 110 Å². The van der Waals surface area contributed by atoms with E-state index in [4.69, 9.17) is 9.47 Å². The molecule has 1 unspecified atom stereocenters. The zero-order valence-corrected chi connectivity index (χ0v) is 10.5. The Morgan fingerprint density at radius 1 is 1.37 bits per heavy atom. The average molecular weight is 274 g/mol. The van der Waals surface area contributed by atoms with Crippen LogP contribution >= 0.6 is 0 Å². The maximum atomic E-state index is 12.5. The fourth-order valence-electron chi connectivity index (χ4n) is 2.07. The number of aromatic nitrogens is 1. The van der Waals surface area contributed by atoms with Gasteiger partial charge in [-0.3, -0.25) is 4.98 Å². The third-order valence-electron chi connectivity index (χ3n) is 3.08. The molecule has 19 heavy (non-hydrogen) atoms. The summed E-state index contributed by atoms with van der Waals surface area (Å²) >= 11 is 0. The molecule has 0 bridgehead atoms. The van der Waals surface area contributed by atoms with Gasteiger partial charge in [0.1, 0.15) is 5.75 Å². The molecule has 106 valence electrons. The van der Waals surface area contributed by atoms with Crippen LogP contribution in [0.4, 0.5) is 12.9 Å². The maximum Gasteiger partial charge on any atom is 0.511 e. The quantitative estimate of drug-likeness (QED) is 0.590. The van der Waals surface area contributed by atoms with E-state index >= 15 is 0 Å². The fraction of sp³-hybridized carbons (Fsp3) is 0.583. The third kappa shape index (κ3) is 4.42. The van der Waals surface area contributed by atoms with Crippen LogP contribution in [0, 0.1) is 0 Å². The van der Waals surface area contributed by atoms with Gasteiger partial charge in [0, 0.05) is 12.8 Å². The summed E-state index contributed by atoms with van der Waals surface area (Å²) in [5.41, 5.74) is -0.725. The van der Waals surface area contributed by atoms with Gasteiger partial charge in [-0.1, -0.05) is 5.46 Å². The highest BCUT2D eigenvalue weighted by molar-refractivity contribution is 6.73. The first-order valence-electron chi connectivity index (χ1n) is 6.45. The maximum absolute atomic E-state index is 12.5. The zero-order chi connectivity index (χ0) is 13.7. The lowest BCUT2D eigenvalue weighted by atomic mass is 9.81. The Bertz CT molecular complexity index is 408. The molecule has 1 aliphatic rings. The smallest absolute Gasteiger partial charge is 0.492 e. The van der Waals surface area contributed by atoms with Crippen molar-refractivity contribution in [2.24, 2.45) is 0 Å². The van der Waals surface area contributed by atoms with E-state index in [9.17, 15) is 12.9 Å². The molecule has 0 aliphatic carbocycles. The molecule has 0 aromatic carbocycles. The van der Waals surface area contributed by atoms with Gasteiger partial charge in [0.25, 0.3) is 0 Å².